The van der Waals surface area contributed by atoms with Crippen LogP contribution in [0.3, 0.4) is 0 Å². The van der Waals surface area contributed by atoms with Crippen LogP contribution in [0.2, 0.25) is 5.02 Å². The van der Waals surface area contributed by atoms with E-state index in [1.54, 1.807) is 6.07 Å². The largest absolute Gasteiger partial charge is 0.314 e. The molecular weight excluding hydrogens is 301 g/mol. The second-order valence-electron chi connectivity index (χ2n) is 5.27. The number of benzene rings is 1. The molecule has 1 aromatic rings. The summed E-state index contributed by atoms with van der Waals surface area (Å²) in [7, 11) is -2.92. The van der Waals surface area contributed by atoms with E-state index in [2.05, 4.69) is 5.32 Å². The molecule has 0 radical (unpaired) electrons. The van der Waals surface area contributed by atoms with Crippen LogP contribution in [0, 0.1) is 11.7 Å². The van der Waals surface area contributed by atoms with Crippen LogP contribution in [0.4, 0.5) is 4.39 Å². The number of hydrogen-bond donors (Lipinski definition) is 1. The summed E-state index contributed by atoms with van der Waals surface area (Å²) in [5, 5.41) is 3.84. The molecule has 0 aromatic heterocycles. The molecule has 3 nitrogen and oxygen atoms in total. The van der Waals surface area contributed by atoms with Crippen molar-refractivity contribution in [1.82, 2.24) is 5.32 Å². The lowest BCUT2D eigenvalue weighted by Gasteiger charge is -2.24. The van der Waals surface area contributed by atoms with Crippen LogP contribution in [0.25, 0.3) is 0 Å². The summed E-state index contributed by atoms with van der Waals surface area (Å²) in [6, 6.07) is 4.31. The summed E-state index contributed by atoms with van der Waals surface area (Å²) in [6.07, 6.45) is 1.21. The lowest BCUT2D eigenvalue weighted by molar-refractivity contribution is 0.385. The van der Waals surface area contributed by atoms with Crippen LogP contribution in [-0.4, -0.2) is 32.5 Å². The molecule has 0 spiro atoms. The Balaban J connectivity index is 2.15. The summed E-state index contributed by atoms with van der Waals surface area (Å²) in [6.45, 7) is 2.72. The third kappa shape index (κ3) is 3.93. The highest BCUT2D eigenvalue weighted by Crippen LogP contribution is 2.26. The molecule has 0 amide bonds. The van der Waals surface area contributed by atoms with Gasteiger partial charge in [0.05, 0.1) is 11.5 Å². The van der Waals surface area contributed by atoms with Gasteiger partial charge >= 0.3 is 0 Å². The molecule has 1 N–H and O–H groups in total. The van der Waals surface area contributed by atoms with Gasteiger partial charge in [0.15, 0.2) is 9.84 Å². The fourth-order valence-electron chi connectivity index (χ4n) is 2.75. The molecule has 0 aliphatic carbocycles. The van der Waals surface area contributed by atoms with E-state index in [4.69, 9.17) is 11.6 Å². The van der Waals surface area contributed by atoms with Crippen molar-refractivity contribution < 1.29 is 12.8 Å². The zero-order chi connectivity index (χ0) is 14.8. The number of hydrogen-bond acceptors (Lipinski definition) is 3. The van der Waals surface area contributed by atoms with Crippen LogP contribution in [0.1, 0.15) is 18.9 Å². The SMILES string of the molecule is CCNC(Cc1cc(F)ccc1Cl)C1CCS(=O)(=O)C1. The topological polar surface area (TPSA) is 46.2 Å². The Morgan fingerprint density at radius 1 is 1.50 bits per heavy atom. The van der Waals surface area contributed by atoms with Gasteiger partial charge in [-0.25, -0.2) is 12.8 Å². The molecule has 6 heteroatoms. The monoisotopic (exact) mass is 319 g/mol. The average Bonchev–Trinajstić information content (AvgIpc) is 2.73. The molecular formula is C14H19ClFNO2S. The van der Waals surface area contributed by atoms with Crippen molar-refractivity contribution >= 4 is 21.4 Å². The molecule has 1 aliphatic heterocycles. The molecule has 0 saturated carbocycles. The maximum Gasteiger partial charge on any atom is 0.150 e. The van der Waals surface area contributed by atoms with Crippen molar-refractivity contribution in [3.63, 3.8) is 0 Å². The van der Waals surface area contributed by atoms with Crippen LogP contribution in [0.15, 0.2) is 18.2 Å². The van der Waals surface area contributed by atoms with Gasteiger partial charge in [0.2, 0.25) is 0 Å². The number of nitrogens with one attached hydrogen (secondary N) is 1. The van der Waals surface area contributed by atoms with E-state index in [1.807, 2.05) is 6.92 Å². The van der Waals surface area contributed by atoms with Gasteiger partial charge in [0.1, 0.15) is 5.82 Å². The first-order chi connectivity index (χ1) is 9.41. The maximum absolute atomic E-state index is 13.3. The Hall–Kier alpha value is -0.650. The average molecular weight is 320 g/mol. The summed E-state index contributed by atoms with van der Waals surface area (Å²) >= 11 is 6.09. The Bertz CT molecular complexity index is 577. The van der Waals surface area contributed by atoms with Crippen LogP contribution >= 0.6 is 11.6 Å². The lowest BCUT2D eigenvalue weighted by atomic mass is 9.93. The van der Waals surface area contributed by atoms with Gasteiger partial charge < -0.3 is 5.32 Å². The quantitative estimate of drug-likeness (QED) is 0.906. The molecule has 1 saturated heterocycles. The van der Waals surface area contributed by atoms with E-state index in [0.29, 0.717) is 17.9 Å². The second-order valence-corrected chi connectivity index (χ2v) is 7.90. The minimum Gasteiger partial charge on any atom is -0.314 e. The summed E-state index contributed by atoms with van der Waals surface area (Å²) in [4.78, 5) is 0. The second kappa shape index (κ2) is 6.41. The fraction of sp³-hybridized carbons (Fsp3) is 0.571. The normalized spacial score (nSPS) is 22.9. The van der Waals surface area contributed by atoms with Gasteiger partial charge in [0.25, 0.3) is 0 Å². The van der Waals surface area contributed by atoms with Gasteiger partial charge in [-0.15, -0.1) is 0 Å². The minimum atomic E-state index is -2.92. The van der Waals surface area contributed by atoms with E-state index in [-0.39, 0.29) is 29.3 Å². The molecule has 1 fully saturated rings. The minimum absolute atomic E-state index is 0.0107. The molecule has 0 bridgehead atoms. The van der Waals surface area contributed by atoms with Crippen LogP contribution in [-0.2, 0) is 16.3 Å². The van der Waals surface area contributed by atoms with Crippen molar-refractivity contribution in [2.45, 2.75) is 25.8 Å². The molecule has 1 aliphatic rings. The van der Waals surface area contributed by atoms with E-state index in [0.717, 1.165) is 12.1 Å². The van der Waals surface area contributed by atoms with Gasteiger partial charge in [-0.1, -0.05) is 18.5 Å². The van der Waals surface area contributed by atoms with Crippen molar-refractivity contribution in [1.29, 1.82) is 0 Å². The smallest absolute Gasteiger partial charge is 0.150 e. The van der Waals surface area contributed by atoms with E-state index < -0.39 is 9.84 Å². The Morgan fingerprint density at radius 2 is 2.25 bits per heavy atom. The van der Waals surface area contributed by atoms with Crippen molar-refractivity contribution in [2.75, 3.05) is 18.1 Å². The van der Waals surface area contributed by atoms with Gasteiger partial charge in [-0.05, 0) is 49.1 Å². The maximum atomic E-state index is 13.3. The number of likely N-dealkylation sites (N-methyl/N-ethyl adjacent to an activating group) is 1. The first-order valence-corrected chi connectivity index (χ1v) is 8.99. The lowest BCUT2D eigenvalue weighted by Crippen LogP contribution is -2.38. The van der Waals surface area contributed by atoms with E-state index in [1.165, 1.54) is 12.1 Å². The molecule has 2 unspecified atom stereocenters. The zero-order valence-corrected chi connectivity index (χ0v) is 13.0. The summed E-state index contributed by atoms with van der Waals surface area (Å²) in [5.41, 5.74) is 0.724. The first kappa shape index (κ1) is 15.7. The third-order valence-electron chi connectivity index (χ3n) is 3.75. The van der Waals surface area contributed by atoms with Crippen molar-refractivity contribution in [2.24, 2.45) is 5.92 Å². The van der Waals surface area contributed by atoms with Gasteiger partial charge in [-0.3, -0.25) is 0 Å². The van der Waals surface area contributed by atoms with Crippen molar-refractivity contribution in [3.8, 4) is 0 Å². The Kier molecular flexibility index (Phi) is 5.04. The van der Waals surface area contributed by atoms with E-state index in [9.17, 15) is 12.8 Å². The number of sulfone groups is 1. The zero-order valence-electron chi connectivity index (χ0n) is 11.4. The van der Waals surface area contributed by atoms with Crippen LogP contribution in [0.5, 0.6) is 0 Å². The summed E-state index contributed by atoms with van der Waals surface area (Å²) < 4.78 is 36.5. The molecule has 1 aromatic carbocycles. The van der Waals surface area contributed by atoms with Crippen molar-refractivity contribution in [3.05, 3.63) is 34.6 Å². The van der Waals surface area contributed by atoms with Gasteiger partial charge in [0, 0.05) is 11.1 Å². The standard InChI is InChI=1S/C14H19ClFNO2S/c1-2-17-14(10-5-6-20(18,19)9-10)8-11-7-12(16)3-4-13(11)15/h3-4,7,10,14,17H,2,5-6,8-9H2,1H3. The highest BCUT2D eigenvalue weighted by Gasteiger charge is 2.33. The van der Waals surface area contributed by atoms with Crippen LogP contribution < -0.4 is 5.32 Å². The van der Waals surface area contributed by atoms with Gasteiger partial charge in [-0.2, -0.15) is 0 Å². The summed E-state index contributed by atoms with van der Waals surface area (Å²) in [5.74, 6) is 0.201. The predicted molar refractivity (Wildman–Crippen MR) is 79.3 cm³/mol. The van der Waals surface area contributed by atoms with E-state index >= 15 is 0 Å². The Labute approximate surface area is 124 Å². The predicted octanol–water partition coefficient (Wildman–Crippen LogP) is 2.43. The third-order valence-corrected chi connectivity index (χ3v) is 5.91. The number of halogens is 2. The first-order valence-electron chi connectivity index (χ1n) is 6.79. The highest BCUT2D eigenvalue weighted by atomic mass is 35.5. The highest BCUT2D eigenvalue weighted by molar-refractivity contribution is 7.91. The molecule has 1 heterocycles. The number of rotatable bonds is 5. The Morgan fingerprint density at radius 3 is 2.85 bits per heavy atom. The fourth-order valence-corrected chi connectivity index (χ4v) is 4.82. The molecule has 2 atom stereocenters. The molecule has 20 heavy (non-hydrogen) atoms. The molecule has 2 rings (SSSR count). The molecule has 112 valence electrons.